The lowest BCUT2D eigenvalue weighted by Crippen LogP contribution is -1.90. The normalized spacial score (nSPS) is 9.83. The molecule has 1 aromatic carbocycles. The molecule has 1 nitrogen and oxygen atoms in total. The second kappa shape index (κ2) is 4.26. The number of hydrogen-bond donors (Lipinski definition) is 0. The van der Waals surface area contributed by atoms with Crippen molar-refractivity contribution < 1.29 is 9.18 Å². The molecule has 0 aliphatic heterocycles. The largest absolute Gasteiger partial charge is 0.298 e. The summed E-state index contributed by atoms with van der Waals surface area (Å²) in [6.45, 7) is 1.96. The van der Waals surface area contributed by atoms with Crippen LogP contribution >= 0.6 is 11.8 Å². The Labute approximate surface area is 75.0 Å². The van der Waals surface area contributed by atoms with Gasteiger partial charge >= 0.3 is 0 Å². The zero-order valence-electron chi connectivity index (χ0n) is 6.71. The number of carbonyl (C=O) groups excluding carboxylic acids is 1. The molecule has 0 saturated heterocycles. The fraction of sp³-hybridized carbons (Fsp3) is 0.222. The molecule has 0 aliphatic carbocycles. The second-order valence-corrected chi connectivity index (χ2v) is 3.51. The molecule has 0 aromatic heterocycles. The van der Waals surface area contributed by atoms with Crippen molar-refractivity contribution in [2.24, 2.45) is 0 Å². The van der Waals surface area contributed by atoms with Gasteiger partial charge in [0.1, 0.15) is 5.82 Å². The van der Waals surface area contributed by atoms with Crippen molar-refractivity contribution in [1.82, 2.24) is 0 Å². The predicted molar refractivity (Wildman–Crippen MR) is 48.2 cm³/mol. The molecule has 0 unspecified atom stereocenters. The minimum Gasteiger partial charge on any atom is -0.298 e. The molecular formula is C9H9FOS. The topological polar surface area (TPSA) is 17.1 Å². The fourth-order valence-electron chi connectivity index (χ4n) is 0.913. The molecule has 0 heterocycles. The van der Waals surface area contributed by atoms with Gasteiger partial charge in [-0.1, -0.05) is 13.0 Å². The van der Waals surface area contributed by atoms with Crippen molar-refractivity contribution in [3.8, 4) is 0 Å². The first-order valence-corrected chi connectivity index (χ1v) is 4.64. The third kappa shape index (κ3) is 1.85. The standard InChI is InChI=1S/C9H9FOS/c1-2-12-9-5-3-4-8(10)7(9)6-11/h3-6H,2H2,1H3. The molecule has 64 valence electrons. The van der Waals surface area contributed by atoms with Crippen LogP contribution in [0, 0.1) is 5.82 Å². The Morgan fingerprint density at radius 1 is 1.58 bits per heavy atom. The van der Waals surface area contributed by atoms with Gasteiger partial charge in [-0.3, -0.25) is 4.79 Å². The summed E-state index contributed by atoms with van der Waals surface area (Å²) in [6.07, 6.45) is 0.563. The molecule has 0 amide bonds. The molecule has 0 bridgehead atoms. The van der Waals surface area contributed by atoms with E-state index >= 15 is 0 Å². The number of benzene rings is 1. The Morgan fingerprint density at radius 3 is 2.92 bits per heavy atom. The van der Waals surface area contributed by atoms with Crippen LogP contribution in [0.25, 0.3) is 0 Å². The molecule has 0 radical (unpaired) electrons. The lowest BCUT2D eigenvalue weighted by atomic mass is 10.2. The van der Waals surface area contributed by atoms with E-state index in [9.17, 15) is 9.18 Å². The van der Waals surface area contributed by atoms with Gasteiger partial charge in [0.25, 0.3) is 0 Å². The average molecular weight is 184 g/mol. The van der Waals surface area contributed by atoms with Crippen molar-refractivity contribution in [1.29, 1.82) is 0 Å². The van der Waals surface area contributed by atoms with E-state index in [0.717, 1.165) is 5.75 Å². The average Bonchev–Trinajstić information content (AvgIpc) is 2.05. The first-order valence-electron chi connectivity index (χ1n) is 3.66. The molecule has 0 spiro atoms. The van der Waals surface area contributed by atoms with Crippen LogP contribution in [0.3, 0.4) is 0 Å². The van der Waals surface area contributed by atoms with E-state index in [4.69, 9.17) is 0 Å². The van der Waals surface area contributed by atoms with Crippen LogP contribution in [0.15, 0.2) is 23.1 Å². The monoisotopic (exact) mass is 184 g/mol. The van der Waals surface area contributed by atoms with Crippen molar-refractivity contribution in [3.63, 3.8) is 0 Å². The minimum atomic E-state index is -0.441. The van der Waals surface area contributed by atoms with Gasteiger partial charge < -0.3 is 0 Å². The Balaban J connectivity index is 3.09. The van der Waals surface area contributed by atoms with Crippen LogP contribution in [0.1, 0.15) is 17.3 Å². The summed E-state index contributed by atoms with van der Waals surface area (Å²) in [7, 11) is 0. The zero-order chi connectivity index (χ0) is 8.97. The lowest BCUT2D eigenvalue weighted by molar-refractivity contribution is 0.111. The highest BCUT2D eigenvalue weighted by molar-refractivity contribution is 7.99. The number of hydrogen-bond acceptors (Lipinski definition) is 2. The van der Waals surface area contributed by atoms with Gasteiger partial charge in [-0.05, 0) is 17.9 Å². The zero-order valence-corrected chi connectivity index (χ0v) is 7.53. The van der Waals surface area contributed by atoms with Gasteiger partial charge in [0, 0.05) is 4.90 Å². The summed E-state index contributed by atoms with van der Waals surface area (Å²) in [4.78, 5) is 11.2. The van der Waals surface area contributed by atoms with Gasteiger partial charge in [0.15, 0.2) is 6.29 Å². The number of rotatable bonds is 3. The summed E-state index contributed by atoms with van der Waals surface area (Å²) in [5.41, 5.74) is 0.171. The van der Waals surface area contributed by atoms with Crippen LogP contribution in [-0.4, -0.2) is 12.0 Å². The van der Waals surface area contributed by atoms with E-state index in [1.54, 1.807) is 12.1 Å². The molecule has 0 N–H and O–H groups in total. The SMILES string of the molecule is CCSc1cccc(F)c1C=O. The third-order valence-electron chi connectivity index (χ3n) is 1.43. The van der Waals surface area contributed by atoms with Gasteiger partial charge in [-0.25, -0.2) is 4.39 Å². The summed E-state index contributed by atoms with van der Waals surface area (Å²) in [6, 6.07) is 4.66. The van der Waals surface area contributed by atoms with Crippen LogP contribution < -0.4 is 0 Å². The van der Waals surface area contributed by atoms with Crippen molar-refractivity contribution in [2.45, 2.75) is 11.8 Å². The maximum atomic E-state index is 12.9. The smallest absolute Gasteiger partial charge is 0.154 e. The number of halogens is 1. The number of carbonyl (C=O) groups is 1. The van der Waals surface area contributed by atoms with E-state index in [1.807, 2.05) is 6.92 Å². The van der Waals surface area contributed by atoms with Gasteiger partial charge in [-0.2, -0.15) is 0 Å². The molecule has 12 heavy (non-hydrogen) atoms. The van der Waals surface area contributed by atoms with Crippen LogP contribution in [0.4, 0.5) is 4.39 Å². The molecule has 0 atom stereocenters. The summed E-state index contributed by atoms with van der Waals surface area (Å²) in [5, 5.41) is 0. The Kier molecular flexibility index (Phi) is 3.29. The first-order chi connectivity index (χ1) is 5.79. The van der Waals surface area contributed by atoms with Crippen LogP contribution in [0.2, 0.25) is 0 Å². The molecule has 0 aliphatic rings. The second-order valence-electron chi connectivity index (χ2n) is 2.20. The highest BCUT2D eigenvalue weighted by Crippen LogP contribution is 2.22. The summed E-state index contributed by atoms with van der Waals surface area (Å²) >= 11 is 1.47. The highest BCUT2D eigenvalue weighted by Gasteiger charge is 2.05. The third-order valence-corrected chi connectivity index (χ3v) is 2.39. The van der Waals surface area contributed by atoms with E-state index in [1.165, 1.54) is 17.8 Å². The summed E-state index contributed by atoms with van der Waals surface area (Å²) < 4.78 is 12.9. The predicted octanol–water partition coefficient (Wildman–Crippen LogP) is 2.75. The fourth-order valence-corrected chi connectivity index (χ4v) is 1.70. The Morgan fingerprint density at radius 2 is 2.33 bits per heavy atom. The van der Waals surface area contributed by atoms with Crippen LogP contribution in [-0.2, 0) is 0 Å². The Bertz CT molecular complexity index is 286. The van der Waals surface area contributed by atoms with Gasteiger partial charge in [-0.15, -0.1) is 11.8 Å². The van der Waals surface area contributed by atoms with Crippen molar-refractivity contribution in [3.05, 3.63) is 29.6 Å². The highest BCUT2D eigenvalue weighted by atomic mass is 32.2. The molecule has 0 saturated carbocycles. The number of aldehydes is 1. The summed E-state index contributed by atoms with van der Waals surface area (Å²) in [5.74, 6) is 0.396. The molecular weight excluding hydrogens is 175 g/mol. The molecule has 1 aromatic rings. The first kappa shape index (κ1) is 9.26. The maximum absolute atomic E-state index is 12.9. The Hall–Kier alpha value is -0.830. The maximum Gasteiger partial charge on any atom is 0.154 e. The van der Waals surface area contributed by atoms with Gasteiger partial charge in [0.05, 0.1) is 5.56 Å². The molecule has 0 fully saturated rings. The molecule has 3 heteroatoms. The van der Waals surface area contributed by atoms with Crippen molar-refractivity contribution in [2.75, 3.05) is 5.75 Å². The minimum absolute atomic E-state index is 0.171. The van der Waals surface area contributed by atoms with Gasteiger partial charge in [0.2, 0.25) is 0 Å². The van der Waals surface area contributed by atoms with Crippen molar-refractivity contribution >= 4 is 18.0 Å². The van der Waals surface area contributed by atoms with E-state index in [-0.39, 0.29) is 5.56 Å². The lowest BCUT2D eigenvalue weighted by Gasteiger charge is -2.01. The quantitative estimate of drug-likeness (QED) is 0.530. The van der Waals surface area contributed by atoms with E-state index < -0.39 is 5.82 Å². The molecule has 1 rings (SSSR count). The van der Waals surface area contributed by atoms with E-state index in [2.05, 4.69) is 0 Å². The van der Waals surface area contributed by atoms with E-state index in [0.29, 0.717) is 11.2 Å². The van der Waals surface area contributed by atoms with Crippen LogP contribution in [0.5, 0.6) is 0 Å². The number of thioether (sulfide) groups is 1.